The number of aliphatic hydroxyl groups excluding tert-OH is 1. The Morgan fingerprint density at radius 1 is 1.37 bits per heavy atom. The summed E-state index contributed by atoms with van der Waals surface area (Å²) in [4.78, 5) is 4.73. The molecular formula is C15H23BrN2O. The van der Waals surface area contributed by atoms with E-state index in [1.54, 1.807) is 6.92 Å². The maximum Gasteiger partial charge on any atom is 0.0762 e. The molecule has 0 bridgehead atoms. The van der Waals surface area contributed by atoms with Crippen LogP contribution in [0.1, 0.15) is 25.5 Å². The highest BCUT2D eigenvalue weighted by molar-refractivity contribution is 9.10. The Labute approximate surface area is 124 Å². The molecule has 0 spiro atoms. The van der Waals surface area contributed by atoms with Crippen molar-refractivity contribution < 1.29 is 5.11 Å². The number of rotatable bonds is 3. The Balaban J connectivity index is 2.20. The van der Waals surface area contributed by atoms with E-state index in [0.29, 0.717) is 12.0 Å². The summed E-state index contributed by atoms with van der Waals surface area (Å²) in [6, 6.07) is 6.74. The zero-order valence-electron chi connectivity index (χ0n) is 12.1. The number of nitrogens with zero attached hydrogens (tertiary/aromatic N) is 2. The third-order valence-corrected chi connectivity index (χ3v) is 4.67. The number of hydrogen-bond acceptors (Lipinski definition) is 3. The highest BCUT2D eigenvalue weighted by Gasteiger charge is 2.31. The lowest BCUT2D eigenvalue weighted by Gasteiger charge is -2.23. The van der Waals surface area contributed by atoms with Gasteiger partial charge in [0.2, 0.25) is 0 Å². The average molecular weight is 327 g/mol. The molecule has 19 heavy (non-hydrogen) atoms. The number of benzene rings is 1. The summed E-state index contributed by atoms with van der Waals surface area (Å²) >= 11 is 3.64. The lowest BCUT2D eigenvalue weighted by atomic mass is 10.1. The van der Waals surface area contributed by atoms with Gasteiger partial charge in [0.25, 0.3) is 0 Å². The summed E-state index contributed by atoms with van der Waals surface area (Å²) in [7, 11) is 4.30. The van der Waals surface area contributed by atoms with Gasteiger partial charge in [-0.05, 0) is 60.6 Å². The predicted molar refractivity (Wildman–Crippen MR) is 83.6 cm³/mol. The van der Waals surface area contributed by atoms with Gasteiger partial charge in [0.05, 0.1) is 11.8 Å². The average Bonchev–Trinajstić information content (AvgIpc) is 2.71. The van der Waals surface area contributed by atoms with Crippen molar-refractivity contribution in [1.82, 2.24) is 4.90 Å². The van der Waals surface area contributed by atoms with Crippen LogP contribution in [0, 0.1) is 5.92 Å². The quantitative estimate of drug-likeness (QED) is 0.925. The fraction of sp³-hybridized carbons (Fsp3) is 0.600. The highest BCUT2D eigenvalue weighted by Crippen LogP contribution is 2.33. The number of halogens is 1. The van der Waals surface area contributed by atoms with E-state index in [1.165, 1.54) is 5.69 Å². The van der Waals surface area contributed by atoms with E-state index in [9.17, 15) is 5.11 Å². The Bertz CT molecular complexity index is 448. The van der Waals surface area contributed by atoms with Gasteiger partial charge in [-0.2, -0.15) is 0 Å². The Kier molecular flexibility index (Phi) is 4.54. The summed E-state index contributed by atoms with van der Waals surface area (Å²) in [5, 5.41) is 9.62. The van der Waals surface area contributed by atoms with Gasteiger partial charge in [-0.1, -0.05) is 13.0 Å². The van der Waals surface area contributed by atoms with E-state index >= 15 is 0 Å². The lowest BCUT2D eigenvalue weighted by Crippen LogP contribution is -2.34. The van der Waals surface area contributed by atoms with Crippen LogP contribution in [0.4, 0.5) is 5.69 Å². The molecule has 1 saturated heterocycles. The monoisotopic (exact) mass is 326 g/mol. The first kappa shape index (κ1) is 14.8. The van der Waals surface area contributed by atoms with Crippen LogP contribution in [-0.2, 0) is 0 Å². The molecule has 1 aliphatic heterocycles. The summed E-state index contributed by atoms with van der Waals surface area (Å²) in [6.45, 7) is 6.24. The normalized spacial score (nSPS) is 25.1. The minimum Gasteiger partial charge on any atom is -0.389 e. The molecule has 3 nitrogen and oxygen atoms in total. The van der Waals surface area contributed by atoms with Crippen LogP contribution in [0.25, 0.3) is 0 Å². The second-order valence-electron chi connectivity index (χ2n) is 5.80. The zero-order chi connectivity index (χ0) is 14.2. The number of anilines is 1. The molecule has 2 unspecified atom stereocenters. The third-order valence-electron chi connectivity index (χ3n) is 4.03. The molecular weight excluding hydrogens is 304 g/mol. The summed E-state index contributed by atoms with van der Waals surface area (Å²) < 4.78 is 1.07. The SMILES string of the molecule is CC1CN(c2ccc([C@H](C)O)cc2Br)CC1N(C)C. The van der Waals surface area contributed by atoms with E-state index in [1.807, 2.05) is 12.1 Å². The number of hydrogen-bond donors (Lipinski definition) is 1. The first-order valence-electron chi connectivity index (χ1n) is 6.79. The second-order valence-corrected chi connectivity index (χ2v) is 6.65. The molecule has 1 N–H and O–H groups in total. The van der Waals surface area contributed by atoms with Crippen molar-refractivity contribution in [2.45, 2.75) is 26.0 Å². The second kappa shape index (κ2) is 5.81. The van der Waals surface area contributed by atoms with Crippen LogP contribution in [0.5, 0.6) is 0 Å². The van der Waals surface area contributed by atoms with Gasteiger partial charge >= 0.3 is 0 Å². The zero-order valence-corrected chi connectivity index (χ0v) is 13.7. The molecule has 0 aromatic heterocycles. The molecule has 2 rings (SSSR count). The molecule has 0 amide bonds. The van der Waals surface area contributed by atoms with Crippen LogP contribution in [0.2, 0.25) is 0 Å². The first-order valence-corrected chi connectivity index (χ1v) is 7.58. The van der Waals surface area contributed by atoms with Crippen molar-refractivity contribution in [3.8, 4) is 0 Å². The van der Waals surface area contributed by atoms with Crippen molar-refractivity contribution >= 4 is 21.6 Å². The van der Waals surface area contributed by atoms with Crippen LogP contribution in [-0.4, -0.2) is 43.2 Å². The number of likely N-dealkylation sites (N-methyl/N-ethyl adjacent to an activating group) is 1. The van der Waals surface area contributed by atoms with E-state index < -0.39 is 6.10 Å². The fourth-order valence-corrected chi connectivity index (χ4v) is 3.51. The Morgan fingerprint density at radius 3 is 2.53 bits per heavy atom. The summed E-state index contributed by atoms with van der Waals surface area (Å²) in [5.74, 6) is 0.665. The largest absolute Gasteiger partial charge is 0.389 e. The molecule has 3 atom stereocenters. The van der Waals surface area contributed by atoms with Gasteiger partial charge in [0.1, 0.15) is 0 Å². The molecule has 1 aromatic carbocycles. The minimum absolute atomic E-state index is 0.419. The lowest BCUT2D eigenvalue weighted by molar-refractivity contribution is 0.199. The van der Waals surface area contributed by atoms with Crippen molar-refractivity contribution in [3.63, 3.8) is 0 Å². The predicted octanol–water partition coefficient (Wildman–Crippen LogP) is 2.89. The maximum absolute atomic E-state index is 9.62. The van der Waals surface area contributed by atoms with Crippen LogP contribution >= 0.6 is 15.9 Å². The molecule has 0 saturated carbocycles. The minimum atomic E-state index is -0.419. The third kappa shape index (κ3) is 3.12. The van der Waals surface area contributed by atoms with Gasteiger partial charge in [-0.25, -0.2) is 0 Å². The van der Waals surface area contributed by atoms with Crippen molar-refractivity contribution in [2.24, 2.45) is 5.92 Å². The van der Waals surface area contributed by atoms with E-state index in [0.717, 1.165) is 23.1 Å². The first-order chi connectivity index (χ1) is 8.90. The van der Waals surface area contributed by atoms with Crippen LogP contribution in [0.3, 0.4) is 0 Å². The number of aliphatic hydroxyl groups is 1. The Morgan fingerprint density at radius 2 is 2.05 bits per heavy atom. The smallest absolute Gasteiger partial charge is 0.0762 e. The fourth-order valence-electron chi connectivity index (χ4n) is 2.86. The van der Waals surface area contributed by atoms with Gasteiger partial charge in [-0.15, -0.1) is 0 Å². The molecule has 1 heterocycles. The van der Waals surface area contributed by atoms with Gasteiger partial charge in [0, 0.05) is 23.6 Å². The van der Waals surface area contributed by atoms with E-state index in [4.69, 9.17) is 0 Å². The topological polar surface area (TPSA) is 26.7 Å². The van der Waals surface area contributed by atoms with Crippen molar-refractivity contribution in [3.05, 3.63) is 28.2 Å². The van der Waals surface area contributed by atoms with Crippen molar-refractivity contribution in [2.75, 3.05) is 32.1 Å². The summed E-state index contributed by atoms with van der Waals surface area (Å²) in [5.41, 5.74) is 2.17. The van der Waals surface area contributed by atoms with Crippen molar-refractivity contribution in [1.29, 1.82) is 0 Å². The Hall–Kier alpha value is -0.580. The van der Waals surface area contributed by atoms with Crippen LogP contribution in [0.15, 0.2) is 22.7 Å². The van der Waals surface area contributed by atoms with E-state index in [-0.39, 0.29) is 0 Å². The van der Waals surface area contributed by atoms with Gasteiger partial charge in [-0.3, -0.25) is 0 Å². The molecule has 1 aliphatic rings. The maximum atomic E-state index is 9.62. The van der Waals surface area contributed by atoms with Crippen LogP contribution < -0.4 is 4.90 Å². The molecule has 0 radical (unpaired) electrons. The summed E-state index contributed by atoms with van der Waals surface area (Å²) in [6.07, 6.45) is -0.419. The molecule has 0 aliphatic carbocycles. The molecule has 4 heteroatoms. The van der Waals surface area contributed by atoms with Gasteiger partial charge < -0.3 is 14.9 Å². The molecule has 106 valence electrons. The standard InChI is InChI=1S/C15H23BrN2O/c1-10-8-18(9-15(10)17(3)4)14-6-5-12(11(2)19)7-13(14)16/h5-7,10-11,15,19H,8-9H2,1-4H3/t10?,11-,15?/m0/s1. The van der Waals surface area contributed by atoms with Gasteiger partial charge in [0.15, 0.2) is 0 Å². The highest BCUT2D eigenvalue weighted by atomic mass is 79.9. The van der Waals surface area contributed by atoms with E-state index in [2.05, 4.69) is 52.8 Å². The molecule has 1 fully saturated rings. The molecule has 1 aromatic rings.